The average Bonchev–Trinajstić information content (AvgIpc) is 2.16. The molecule has 1 heterocycles. The van der Waals surface area contributed by atoms with Crippen LogP contribution in [0.15, 0.2) is 18.2 Å². The van der Waals surface area contributed by atoms with Gasteiger partial charge in [-0.15, -0.1) is 0 Å². The van der Waals surface area contributed by atoms with Gasteiger partial charge in [-0.3, -0.25) is 0 Å². The Morgan fingerprint density at radius 3 is 2.79 bits per heavy atom. The number of nitrogens with one attached hydrogen (secondary N) is 1. The molecule has 0 unspecified atom stereocenters. The van der Waals surface area contributed by atoms with Gasteiger partial charge in [0.1, 0.15) is 5.82 Å². The number of pyridine rings is 1. The second-order valence-electron chi connectivity index (χ2n) is 3.20. The summed E-state index contributed by atoms with van der Waals surface area (Å²) in [6, 6.07) is 5.49. The largest absolute Gasteiger partial charge is 0.464 e. The van der Waals surface area contributed by atoms with Crippen molar-refractivity contribution in [1.29, 1.82) is 0 Å². The zero-order valence-electron chi connectivity index (χ0n) is 8.57. The van der Waals surface area contributed by atoms with Gasteiger partial charge < -0.3 is 10.1 Å². The molecule has 0 atom stereocenters. The molecule has 14 heavy (non-hydrogen) atoms. The zero-order valence-corrected chi connectivity index (χ0v) is 8.57. The van der Waals surface area contributed by atoms with Crippen LogP contribution in [0.2, 0.25) is 0 Å². The standard InChI is InChI=1S/C10H14N2O2/c1-7(2)11-9-6-4-5-8(12-9)10(13)14-3/h4-7H,1-3H3,(H,11,12). The van der Waals surface area contributed by atoms with Gasteiger partial charge in [0, 0.05) is 6.04 Å². The Morgan fingerprint density at radius 1 is 1.50 bits per heavy atom. The van der Waals surface area contributed by atoms with Gasteiger partial charge in [-0.1, -0.05) is 6.07 Å². The first-order valence-electron chi connectivity index (χ1n) is 4.45. The Hall–Kier alpha value is -1.58. The van der Waals surface area contributed by atoms with E-state index in [9.17, 15) is 4.79 Å². The Morgan fingerprint density at radius 2 is 2.21 bits per heavy atom. The highest BCUT2D eigenvalue weighted by Gasteiger charge is 2.07. The van der Waals surface area contributed by atoms with E-state index in [4.69, 9.17) is 0 Å². The van der Waals surface area contributed by atoms with E-state index in [-0.39, 0.29) is 6.04 Å². The predicted molar refractivity (Wildman–Crippen MR) is 54.3 cm³/mol. The maximum Gasteiger partial charge on any atom is 0.356 e. The molecule has 0 aliphatic carbocycles. The Labute approximate surface area is 83.3 Å². The summed E-state index contributed by atoms with van der Waals surface area (Å²) in [4.78, 5) is 15.2. The first kappa shape index (κ1) is 10.5. The van der Waals surface area contributed by atoms with Crippen molar-refractivity contribution < 1.29 is 9.53 Å². The van der Waals surface area contributed by atoms with E-state index >= 15 is 0 Å². The predicted octanol–water partition coefficient (Wildman–Crippen LogP) is 1.69. The van der Waals surface area contributed by atoms with Crippen LogP contribution in [0.3, 0.4) is 0 Å². The summed E-state index contributed by atoms with van der Waals surface area (Å²) in [6.07, 6.45) is 0. The summed E-state index contributed by atoms with van der Waals surface area (Å²) in [5.74, 6) is 0.264. The van der Waals surface area contributed by atoms with Crippen LogP contribution in [0.25, 0.3) is 0 Å². The topological polar surface area (TPSA) is 51.2 Å². The lowest BCUT2D eigenvalue weighted by Crippen LogP contribution is -2.13. The van der Waals surface area contributed by atoms with Crippen molar-refractivity contribution in [1.82, 2.24) is 4.98 Å². The van der Waals surface area contributed by atoms with Gasteiger partial charge in [0.25, 0.3) is 0 Å². The number of carbonyl (C=O) groups is 1. The van der Waals surface area contributed by atoms with Gasteiger partial charge in [-0.05, 0) is 26.0 Å². The molecule has 1 aromatic rings. The van der Waals surface area contributed by atoms with Crippen LogP contribution in [0.5, 0.6) is 0 Å². The maximum atomic E-state index is 11.1. The zero-order chi connectivity index (χ0) is 10.6. The fourth-order valence-electron chi connectivity index (χ4n) is 1.03. The average molecular weight is 194 g/mol. The monoisotopic (exact) mass is 194 g/mol. The van der Waals surface area contributed by atoms with Crippen LogP contribution in [0.1, 0.15) is 24.3 Å². The second-order valence-corrected chi connectivity index (χ2v) is 3.20. The third-order valence-corrected chi connectivity index (χ3v) is 1.58. The van der Waals surface area contributed by atoms with E-state index in [0.717, 1.165) is 0 Å². The van der Waals surface area contributed by atoms with Gasteiger partial charge in [0.15, 0.2) is 5.69 Å². The molecule has 0 fully saturated rings. The molecule has 1 rings (SSSR count). The molecule has 0 amide bonds. The molecule has 0 spiro atoms. The number of ether oxygens (including phenoxy) is 1. The molecule has 0 radical (unpaired) electrons. The molecule has 1 N–H and O–H groups in total. The van der Waals surface area contributed by atoms with E-state index < -0.39 is 5.97 Å². The highest BCUT2D eigenvalue weighted by molar-refractivity contribution is 5.87. The smallest absolute Gasteiger partial charge is 0.356 e. The van der Waals surface area contributed by atoms with Gasteiger partial charge >= 0.3 is 5.97 Å². The summed E-state index contributed by atoms with van der Waals surface area (Å²) in [5, 5.41) is 3.11. The van der Waals surface area contributed by atoms with Crippen molar-refractivity contribution >= 4 is 11.8 Å². The van der Waals surface area contributed by atoms with Crippen LogP contribution >= 0.6 is 0 Å². The first-order chi connectivity index (χ1) is 6.63. The quantitative estimate of drug-likeness (QED) is 0.744. The number of aromatic nitrogens is 1. The fourth-order valence-corrected chi connectivity index (χ4v) is 1.03. The van der Waals surface area contributed by atoms with Gasteiger partial charge in [-0.25, -0.2) is 9.78 Å². The Balaban J connectivity index is 2.84. The van der Waals surface area contributed by atoms with Crippen molar-refractivity contribution in [2.24, 2.45) is 0 Å². The molecule has 76 valence electrons. The number of carbonyl (C=O) groups excluding carboxylic acids is 1. The summed E-state index contributed by atoms with van der Waals surface area (Å²) >= 11 is 0. The van der Waals surface area contributed by atoms with Gasteiger partial charge in [0.2, 0.25) is 0 Å². The molecule has 0 aromatic carbocycles. The number of methoxy groups -OCH3 is 1. The molecule has 4 heteroatoms. The maximum absolute atomic E-state index is 11.1. The number of hydrogen-bond acceptors (Lipinski definition) is 4. The van der Waals surface area contributed by atoms with Crippen LogP contribution in [-0.4, -0.2) is 24.1 Å². The minimum absolute atomic E-state index is 0.287. The lowest BCUT2D eigenvalue weighted by Gasteiger charge is -2.09. The summed E-state index contributed by atoms with van der Waals surface area (Å²) in [5.41, 5.74) is 0.318. The summed E-state index contributed by atoms with van der Waals surface area (Å²) in [6.45, 7) is 4.01. The van der Waals surface area contributed by atoms with E-state index in [0.29, 0.717) is 11.5 Å². The van der Waals surface area contributed by atoms with Gasteiger partial charge in [-0.2, -0.15) is 0 Å². The minimum Gasteiger partial charge on any atom is -0.464 e. The van der Waals surface area contributed by atoms with Crippen LogP contribution in [0, 0.1) is 0 Å². The molecule has 0 saturated heterocycles. The third kappa shape index (κ3) is 2.73. The van der Waals surface area contributed by atoms with Crippen LogP contribution < -0.4 is 5.32 Å². The molecule has 0 bridgehead atoms. The van der Waals surface area contributed by atoms with Crippen molar-refractivity contribution in [3.05, 3.63) is 23.9 Å². The van der Waals surface area contributed by atoms with E-state index in [1.807, 2.05) is 19.9 Å². The minimum atomic E-state index is -0.419. The highest BCUT2D eigenvalue weighted by atomic mass is 16.5. The van der Waals surface area contributed by atoms with E-state index in [1.54, 1.807) is 12.1 Å². The first-order valence-corrected chi connectivity index (χ1v) is 4.45. The van der Waals surface area contributed by atoms with Crippen molar-refractivity contribution in [3.63, 3.8) is 0 Å². The fraction of sp³-hybridized carbons (Fsp3) is 0.400. The van der Waals surface area contributed by atoms with E-state index in [1.165, 1.54) is 7.11 Å². The Bertz CT molecular complexity index is 324. The molecule has 1 aromatic heterocycles. The number of anilines is 1. The molecule has 4 nitrogen and oxygen atoms in total. The van der Waals surface area contributed by atoms with Gasteiger partial charge in [0.05, 0.1) is 7.11 Å². The molecular formula is C10H14N2O2. The highest BCUT2D eigenvalue weighted by Crippen LogP contribution is 2.06. The normalized spacial score (nSPS) is 10.0. The SMILES string of the molecule is COC(=O)c1cccc(NC(C)C)n1. The van der Waals surface area contributed by atoms with Crippen molar-refractivity contribution in [2.75, 3.05) is 12.4 Å². The molecule has 0 aliphatic rings. The third-order valence-electron chi connectivity index (χ3n) is 1.58. The van der Waals surface area contributed by atoms with Crippen LogP contribution in [-0.2, 0) is 4.74 Å². The number of hydrogen-bond donors (Lipinski definition) is 1. The lowest BCUT2D eigenvalue weighted by atomic mass is 10.3. The van der Waals surface area contributed by atoms with Crippen LogP contribution in [0.4, 0.5) is 5.82 Å². The van der Waals surface area contributed by atoms with Crippen molar-refractivity contribution in [2.45, 2.75) is 19.9 Å². The molecular weight excluding hydrogens is 180 g/mol. The van der Waals surface area contributed by atoms with Crippen molar-refractivity contribution in [3.8, 4) is 0 Å². The number of esters is 1. The molecule has 0 saturated carbocycles. The summed E-state index contributed by atoms with van der Waals surface area (Å²) in [7, 11) is 1.34. The van der Waals surface area contributed by atoms with E-state index in [2.05, 4.69) is 15.0 Å². The Kier molecular flexibility index (Phi) is 3.45. The summed E-state index contributed by atoms with van der Waals surface area (Å²) < 4.78 is 4.57. The second kappa shape index (κ2) is 4.60. The number of nitrogens with zero attached hydrogens (tertiary/aromatic N) is 1. The number of rotatable bonds is 3. The lowest BCUT2D eigenvalue weighted by molar-refractivity contribution is 0.0594. The molecule has 0 aliphatic heterocycles.